The molecule has 0 fully saturated rings. The van der Waals surface area contributed by atoms with Gasteiger partial charge in [0.15, 0.2) is 6.10 Å². The van der Waals surface area contributed by atoms with Crippen LogP contribution in [0.3, 0.4) is 0 Å². The smallest absolute Gasteiger partial charge is 0.339 e. The molecule has 1 atom stereocenters. The molecule has 0 saturated heterocycles. The van der Waals surface area contributed by atoms with Gasteiger partial charge in [0.1, 0.15) is 5.76 Å². The van der Waals surface area contributed by atoms with Gasteiger partial charge in [-0.15, -0.1) is 0 Å². The third-order valence-corrected chi connectivity index (χ3v) is 3.97. The van der Waals surface area contributed by atoms with Gasteiger partial charge in [0.25, 0.3) is 5.91 Å². The number of carbonyl (C=O) groups is 2. The molecule has 1 unspecified atom stereocenters. The molecule has 0 N–H and O–H groups in total. The van der Waals surface area contributed by atoms with Gasteiger partial charge < -0.3 is 18.8 Å². The van der Waals surface area contributed by atoms with Crippen molar-refractivity contribution in [3.63, 3.8) is 0 Å². The van der Waals surface area contributed by atoms with E-state index in [1.807, 2.05) is 12.1 Å². The third-order valence-electron chi connectivity index (χ3n) is 3.97. The van der Waals surface area contributed by atoms with E-state index < -0.39 is 12.1 Å². The number of amides is 1. The zero-order valence-electron chi connectivity index (χ0n) is 13.4. The van der Waals surface area contributed by atoms with Gasteiger partial charge in [0.05, 0.1) is 25.0 Å². The van der Waals surface area contributed by atoms with Crippen LogP contribution in [-0.4, -0.2) is 43.1 Å². The minimum Gasteiger partial charge on any atom is -0.467 e. The average molecular weight is 329 g/mol. The monoisotopic (exact) mass is 329 g/mol. The SMILES string of the molecule is COCCN(Cc1ccco1)C(=O)C1Cc2ccccc2C(=O)O1. The highest BCUT2D eigenvalue weighted by Gasteiger charge is 2.34. The highest BCUT2D eigenvalue weighted by Crippen LogP contribution is 2.22. The van der Waals surface area contributed by atoms with Crippen molar-refractivity contribution in [3.8, 4) is 0 Å². The van der Waals surface area contributed by atoms with E-state index in [-0.39, 0.29) is 5.91 Å². The van der Waals surface area contributed by atoms with Gasteiger partial charge in [-0.05, 0) is 23.8 Å². The Morgan fingerprint density at radius 2 is 2.12 bits per heavy atom. The Morgan fingerprint density at radius 1 is 1.29 bits per heavy atom. The summed E-state index contributed by atoms with van der Waals surface area (Å²) in [5.74, 6) is -0.0341. The molecule has 0 saturated carbocycles. The summed E-state index contributed by atoms with van der Waals surface area (Å²) in [4.78, 5) is 26.5. The summed E-state index contributed by atoms with van der Waals surface area (Å²) in [6.07, 6.45) is 1.12. The molecule has 1 aliphatic rings. The first kappa shape index (κ1) is 16.3. The minimum absolute atomic E-state index is 0.244. The van der Waals surface area contributed by atoms with Crippen LogP contribution in [0.2, 0.25) is 0 Å². The Balaban J connectivity index is 1.76. The normalized spacial score (nSPS) is 16.4. The van der Waals surface area contributed by atoms with Crippen molar-refractivity contribution in [1.82, 2.24) is 4.90 Å². The lowest BCUT2D eigenvalue weighted by molar-refractivity contribution is -0.142. The zero-order valence-corrected chi connectivity index (χ0v) is 13.4. The first-order valence-electron chi connectivity index (χ1n) is 7.78. The molecule has 0 radical (unpaired) electrons. The lowest BCUT2D eigenvalue weighted by Crippen LogP contribution is -2.45. The number of furan rings is 1. The van der Waals surface area contributed by atoms with Gasteiger partial charge in [-0.2, -0.15) is 0 Å². The first-order valence-corrected chi connectivity index (χ1v) is 7.78. The van der Waals surface area contributed by atoms with E-state index in [4.69, 9.17) is 13.9 Å². The molecule has 2 heterocycles. The highest BCUT2D eigenvalue weighted by atomic mass is 16.5. The van der Waals surface area contributed by atoms with Crippen molar-refractivity contribution in [2.45, 2.75) is 19.1 Å². The molecular formula is C18H19NO5. The molecule has 0 aliphatic carbocycles. The van der Waals surface area contributed by atoms with E-state index in [9.17, 15) is 9.59 Å². The van der Waals surface area contributed by atoms with Crippen molar-refractivity contribution >= 4 is 11.9 Å². The van der Waals surface area contributed by atoms with Crippen molar-refractivity contribution in [3.05, 3.63) is 59.5 Å². The average Bonchev–Trinajstić information content (AvgIpc) is 3.11. The van der Waals surface area contributed by atoms with Crippen molar-refractivity contribution in [2.24, 2.45) is 0 Å². The van der Waals surface area contributed by atoms with Crippen LogP contribution in [0.15, 0.2) is 47.1 Å². The number of benzene rings is 1. The molecule has 3 rings (SSSR count). The van der Waals surface area contributed by atoms with Crippen molar-refractivity contribution < 1.29 is 23.5 Å². The molecule has 2 aromatic rings. The summed E-state index contributed by atoms with van der Waals surface area (Å²) in [6, 6.07) is 10.8. The molecule has 0 bridgehead atoms. The Labute approximate surface area is 140 Å². The van der Waals surface area contributed by atoms with Gasteiger partial charge >= 0.3 is 5.97 Å². The first-order chi connectivity index (χ1) is 11.7. The largest absolute Gasteiger partial charge is 0.467 e. The molecular weight excluding hydrogens is 310 g/mol. The summed E-state index contributed by atoms with van der Waals surface area (Å²) in [5.41, 5.74) is 1.35. The van der Waals surface area contributed by atoms with E-state index >= 15 is 0 Å². The van der Waals surface area contributed by atoms with Crippen LogP contribution in [0.25, 0.3) is 0 Å². The number of cyclic esters (lactones) is 1. The lowest BCUT2D eigenvalue weighted by atomic mass is 9.98. The summed E-state index contributed by atoms with van der Waals surface area (Å²) in [5, 5.41) is 0. The number of fused-ring (bicyclic) bond motifs is 1. The minimum atomic E-state index is -0.820. The van der Waals surface area contributed by atoms with E-state index in [0.717, 1.165) is 5.56 Å². The maximum Gasteiger partial charge on any atom is 0.339 e. The number of rotatable bonds is 6. The number of esters is 1. The topological polar surface area (TPSA) is 69.0 Å². The molecule has 6 heteroatoms. The molecule has 1 aliphatic heterocycles. The van der Waals surface area contributed by atoms with E-state index in [1.165, 1.54) is 0 Å². The predicted octanol–water partition coefficient (Wildman–Crippen LogP) is 2.04. The predicted molar refractivity (Wildman–Crippen MR) is 85.4 cm³/mol. The molecule has 0 spiro atoms. The zero-order chi connectivity index (χ0) is 16.9. The van der Waals surface area contributed by atoms with Crippen LogP contribution < -0.4 is 0 Å². The second kappa shape index (κ2) is 7.31. The van der Waals surface area contributed by atoms with E-state index in [2.05, 4.69) is 0 Å². The number of hydrogen-bond acceptors (Lipinski definition) is 5. The second-order valence-corrected chi connectivity index (χ2v) is 5.59. The van der Waals surface area contributed by atoms with Gasteiger partial charge in [-0.3, -0.25) is 4.79 Å². The van der Waals surface area contributed by atoms with Gasteiger partial charge in [0.2, 0.25) is 0 Å². The summed E-state index contributed by atoms with van der Waals surface area (Å²) in [6.45, 7) is 1.10. The Hall–Kier alpha value is -2.60. The molecule has 1 aromatic heterocycles. The fourth-order valence-corrected chi connectivity index (χ4v) is 2.73. The molecule has 126 valence electrons. The summed E-state index contributed by atoms with van der Waals surface area (Å²) in [7, 11) is 1.58. The number of hydrogen-bond donors (Lipinski definition) is 0. The Kier molecular flexibility index (Phi) is 4.96. The standard InChI is InChI=1S/C18H19NO5/c1-22-10-8-19(12-14-6-4-9-23-14)17(20)16-11-13-5-2-3-7-15(13)18(21)24-16/h2-7,9,16H,8,10-12H2,1H3. The fraction of sp³-hybridized carbons (Fsp3) is 0.333. The van der Waals surface area contributed by atoms with Crippen LogP contribution in [-0.2, 0) is 27.2 Å². The second-order valence-electron chi connectivity index (χ2n) is 5.59. The van der Waals surface area contributed by atoms with E-state index in [0.29, 0.717) is 37.4 Å². The number of ether oxygens (including phenoxy) is 2. The van der Waals surface area contributed by atoms with Crippen LogP contribution >= 0.6 is 0 Å². The fourth-order valence-electron chi connectivity index (χ4n) is 2.73. The van der Waals surface area contributed by atoms with Crippen LogP contribution in [0.4, 0.5) is 0 Å². The summed E-state index contributed by atoms with van der Waals surface area (Å²) < 4.78 is 15.7. The maximum atomic E-state index is 12.8. The highest BCUT2D eigenvalue weighted by molar-refractivity contribution is 5.95. The summed E-state index contributed by atoms with van der Waals surface area (Å²) >= 11 is 0. The number of methoxy groups -OCH3 is 1. The Bertz CT molecular complexity index is 710. The van der Waals surface area contributed by atoms with Crippen molar-refractivity contribution in [2.75, 3.05) is 20.3 Å². The third kappa shape index (κ3) is 3.49. The van der Waals surface area contributed by atoms with Crippen LogP contribution in [0.5, 0.6) is 0 Å². The van der Waals surface area contributed by atoms with Crippen molar-refractivity contribution in [1.29, 1.82) is 0 Å². The van der Waals surface area contributed by atoms with E-state index in [1.54, 1.807) is 42.5 Å². The quantitative estimate of drug-likeness (QED) is 0.759. The molecule has 24 heavy (non-hydrogen) atoms. The van der Waals surface area contributed by atoms with Gasteiger partial charge in [-0.25, -0.2) is 4.79 Å². The van der Waals surface area contributed by atoms with Crippen LogP contribution in [0, 0.1) is 0 Å². The number of nitrogens with zero attached hydrogens (tertiary/aromatic N) is 1. The lowest BCUT2D eigenvalue weighted by Gasteiger charge is -2.29. The van der Waals surface area contributed by atoms with Crippen LogP contribution in [0.1, 0.15) is 21.7 Å². The Morgan fingerprint density at radius 3 is 2.88 bits per heavy atom. The molecule has 6 nitrogen and oxygen atoms in total. The number of carbonyl (C=O) groups excluding carboxylic acids is 2. The van der Waals surface area contributed by atoms with Gasteiger partial charge in [-0.1, -0.05) is 18.2 Å². The maximum absolute atomic E-state index is 12.8. The molecule has 1 amide bonds. The van der Waals surface area contributed by atoms with Gasteiger partial charge in [0, 0.05) is 20.1 Å². The molecule has 1 aromatic carbocycles.